The number of hydrogen-bond donors (Lipinski definition) is 1. The van der Waals surface area contributed by atoms with Crippen LogP contribution in [0.4, 0.5) is 0 Å². The van der Waals surface area contributed by atoms with Gasteiger partial charge in [0, 0.05) is 12.1 Å². The summed E-state index contributed by atoms with van der Waals surface area (Å²) in [5, 5.41) is 4.06. The predicted octanol–water partition coefficient (Wildman–Crippen LogP) is 3.28. The number of nitrogens with zero attached hydrogens (tertiary/aromatic N) is 1. The molecule has 0 aromatic carbocycles. The second-order valence-corrected chi connectivity index (χ2v) is 8.04. The van der Waals surface area contributed by atoms with Gasteiger partial charge in [-0.25, -0.2) is 0 Å². The highest BCUT2D eigenvalue weighted by Gasteiger charge is 2.61. The van der Waals surface area contributed by atoms with Crippen LogP contribution in [0.5, 0.6) is 0 Å². The minimum atomic E-state index is 0.541. The van der Waals surface area contributed by atoms with Crippen LogP contribution in [-0.2, 0) is 0 Å². The Morgan fingerprint density at radius 1 is 1.11 bits per heavy atom. The number of hydrogen-bond acceptors (Lipinski definition) is 2. The fraction of sp³-hybridized carbons (Fsp3) is 1.00. The summed E-state index contributed by atoms with van der Waals surface area (Å²) in [5.41, 5.74) is 1.09. The Hall–Kier alpha value is -0.0800. The second kappa shape index (κ2) is 4.73. The molecule has 19 heavy (non-hydrogen) atoms. The predicted molar refractivity (Wildman–Crippen MR) is 81.3 cm³/mol. The van der Waals surface area contributed by atoms with E-state index >= 15 is 0 Å². The highest BCUT2D eigenvalue weighted by Crippen LogP contribution is 2.65. The number of piperidine rings is 1. The Balaban J connectivity index is 1.60. The number of nitrogens with one attached hydrogen (secondary N) is 1. The number of likely N-dealkylation sites (tertiary alicyclic amines) is 1. The van der Waals surface area contributed by atoms with Crippen molar-refractivity contribution in [3.05, 3.63) is 0 Å². The zero-order valence-electron chi connectivity index (χ0n) is 13.3. The maximum absolute atomic E-state index is 4.06. The highest BCUT2D eigenvalue weighted by atomic mass is 15.1. The SMILES string of the molecule is CCN1CCC(NC2CC3CCC2(C)C3(C)C)CC1. The fourth-order valence-corrected chi connectivity index (χ4v) is 5.16. The van der Waals surface area contributed by atoms with E-state index in [0.29, 0.717) is 10.8 Å². The van der Waals surface area contributed by atoms with Crippen molar-refractivity contribution in [3.63, 3.8) is 0 Å². The molecule has 3 aliphatic rings. The zero-order chi connectivity index (χ0) is 13.7. The Morgan fingerprint density at radius 2 is 1.79 bits per heavy atom. The molecule has 1 aliphatic heterocycles. The Bertz CT molecular complexity index is 330. The van der Waals surface area contributed by atoms with Crippen LogP contribution in [0.1, 0.15) is 59.8 Å². The smallest absolute Gasteiger partial charge is 0.0131 e. The van der Waals surface area contributed by atoms with Crippen molar-refractivity contribution in [2.75, 3.05) is 19.6 Å². The topological polar surface area (TPSA) is 15.3 Å². The van der Waals surface area contributed by atoms with Gasteiger partial charge in [0.05, 0.1) is 0 Å². The summed E-state index contributed by atoms with van der Waals surface area (Å²) in [6.45, 7) is 13.7. The first-order valence-corrected chi connectivity index (χ1v) is 8.46. The molecule has 0 aromatic rings. The summed E-state index contributed by atoms with van der Waals surface area (Å²) in [4.78, 5) is 2.59. The minimum Gasteiger partial charge on any atom is -0.311 e. The van der Waals surface area contributed by atoms with Crippen LogP contribution in [0.25, 0.3) is 0 Å². The summed E-state index contributed by atoms with van der Waals surface area (Å²) >= 11 is 0. The summed E-state index contributed by atoms with van der Waals surface area (Å²) in [7, 11) is 0. The van der Waals surface area contributed by atoms with Gasteiger partial charge in [0.2, 0.25) is 0 Å². The zero-order valence-corrected chi connectivity index (χ0v) is 13.3. The van der Waals surface area contributed by atoms with E-state index in [1.54, 1.807) is 0 Å². The lowest BCUT2D eigenvalue weighted by Gasteiger charge is -2.42. The molecule has 2 aliphatic carbocycles. The first kappa shape index (κ1) is 13.9. The molecule has 0 radical (unpaired) electrons. The van der Waals surface area contributed by atoms with Crippen LogP contribution < -0.4 is 5.32 Å². The molecule has 2 bridgehead atoms. The van der Waals surface area contributed by atoms with Crippen molar-refractivity contribution < 1.29 is 0 Å². The first-order chi connectivity index (χ1) is 8.97. The summed E-state index contributed by atoms with van der Waals surface area (Å²) < 4.78 is 0. The van der Waals surface area contributed by atoms with Crippen molar-refractivity contribution in [1.82, 2.24) is 10.2 Å². The van der Waals surface area contributed by atoms with Gasteiger partial charge in [-0.2, -0.15) is 0 Å². The normalized spacial score (nSPS) is 42.9. The van der Waals surface area contributed by atoms with E-state index in [1.165, 1.54) is 51.7 Å². The van der Waals surface area contributed by atoms with E-state index in [-0.39, 0.29) is 0 Å². The monoisotopic (exact) mass is 264 g/mol. The van der Waals surface area contributed by atoms with E-state index in [2.05, 4.69) is 37.9 Å². The highest BCUT2D eigenvalue weighted by molar-refractivity contribution is 5.13. The van der Waals surface area contributed by atoms with Gasteiger partial charge in [0.25, 0.3) is 0 Å². The lowest BCUT2D eigenvalue weighted by molar-refractivity contribution is 0.104. The van der Waals surface area contributed by atoms with Crippen LogP contribution in [0.3, 0.4) is 0 Å². The third-order valence-electron chi connectivity index (χ3n) is 7.27. The molecule has 3 unspecified atom stereocenters. The maximum atomic E-state index is 4.06. The van der Waals surface area contributed by atoms with Crippen LogP contribution in [0.15, 0.2) is 0 Å². The molecule has 1 N–H and O–H groups in total. The fourth-order valence-electron chi connectivity index (χ4n) is 5.16. The number of rotatable bonds is 3. The minimum absolute atomic E-state index is 0.541. The molecule has 3 fully saturated rings. The molecule has 1 heterocycles. The summed E-state index contributed by atoms with van der Waals surface area (Å²) in [6, 6.07) is 1.55. The molecule has 3 atom stereocenters. The molecule has 0 amide bonds. The van der Waals surface area contributed by atoms with E-state index in [4.69, 9.17) is 0 Å². The molecule has 0 aromatic heterocycles. The standard InChI is InChI=1S/C17H32N2/c1-5-19-10-7-14(8-11-19)18-15-12-13-6-9-17(15,4)16(13,2)3/h13-15,18H,5-12H2,1-4H3. The molecule has 2 heteroatoms. The van der Waals surface area contributed by atoms with Gasteiger partial charge in [-0.15, -0.1) is 0 Å². The lowest BCUT2D eigenvalue weighted by Crippen LogP contribution is -2.51. The molecular weight excluding hydrogens is 232 g/mol. The average molecular weight is 264 g/mol. The van der Waals surface area contributed by atoms with Crippen LogP contribution >= 0.6 is 0 Å². The summed E-state index contributed by atoms with van der Waals surface area (Å²) in [5.74, 6) is 0.964. The van der Waals surface area contributed by atoms with E-state index in [0.717, 1.165) is 18.0 Å². The third kappa shape index (κ3) is 2.06. The Morgan fingerprint density at radius 3 is 2.26 bits per heavy atom. The van der Waals surface area contributed by atoms with Crippen molar-refractivity contribution in [1.29, 1.82) is 0 Å². The quantitative estimate of drug-likeness (QED) is 0.841. The van der Waals surface area contributed by atoms with E-state index in [1.807, 2.05) is 0 Å². The van der Waals surface area contributed by atoms with E-state index < -0.39 is 0 Å². The van der Waals surface area contributed by atoms with Crippen LogP contribution in [-0.4, -0.2) is 36.6 Å². The van der Waals surface area contributed by atoms with E-state index in [9.17, 15) is 0 Å². The molecular formula is C17H32N2. The molecule has 0 spiro atoms. The average Bonchev–Trinajstić information content (AvgIpc) is 2.73. The molecule has 1 saturated heterocycles. The second-order valence-electron chi connectivity index (χ2n) is 8.04. The van der Waals surface area contributed by atoms with Gasteiger partial charge in [-0.1, -0.05) is 27.7 Å². The van der Waals surface area contributed by atoms with Crippen LogP contribution in [0, 0.1) is 16.7 Å². The van der Waals surface area contributed by atoms with Crippen molar-refractivity contribution in [3.8, 4) is 0 Å². The van der Waals surface area contributed by atoms with Gasteiger partial charge >= 0.3 is 0 Å². The molecule has 2 nitrogen and oxygen atoms in total. The maximum Gasteiger partial charge on any atom is 0.0131 e. The van der Waals surface area contributed by atoms with Crippen LogP contribution in [0.2, 0.25) is 0 Å². The van der Waals surface area contributed by atoms with Crippen molar-refractivity contribution in [2.24, 2.45) is 16.7 Å². The molecule has 2 saturated carbocycles. The molecule has 110 valence electrons. The van der Waals surface area contributed by atoms with Gasteiger partial charge in [0.15, 0.2) is 0 Å². The first-order valence-electron chi connectivity index (χ1n) is 8.46. The van der Waals surface area contributed by atoms with Gasteiger partial charge in [-0.05, 0) is 68.5 Å². The lowest BCUT2D eigenvalue weighted by atomic mass is 9.69. The largest absolute Gasteiger partial charge is 0.311 e. The summed E-state index contributed by atoms with van der Waals surface area (Å²) in [6.07, 6.45) is 7.04. The Labute approximate surface area is 119 Å². The van der Waals surface area contributed by atoms with Gasteiger partial charge in [0.1, 0.15) is 0 Å². The van der Waals surface area contributed by atoms with Gasteiger partial charge in [-0.3, -0.25) is 0 Å². The van der Waals surface area contributed by atoms with Crippen molar-refractivity contribution in [2.45, 2.75) is 71.9 Å². The Kier molecular flexibility index (Phi) is 3.46. The van der Waals surface area contributed by atoms with Gasteiger partial charge < -0.3 is 10.2 Å². The molecule has 3 rings (SSSR count). The van der Waals surface area contributed by atoms with Crippen molar-refractivity contribution >= 4 is 0 Å². The number of fused-ring (bicyclic) bond motifs is 2. The third-order valence-corrected chi connectivity index (χ3v) is 7.27.